The Morgan fingerprint density at radius 2 is 2.21 bits per heavy atom. The summed E-state index contributed by atoms with van der Waals surface area (Å²) in [5.41, 5.74) is 3.27. The van der Waals surface area contributed by atoms with E-state index in [0.29, 0.717) is 11.3 Å². The Balaban J connectivity index is 2.91. The molecule has 1 aromatic rings. The molecule has 0 aliphatic heterocycles. The average Bonchev–Trinajstić information content (AvgIpc) is 2.15. The number of hydrogen-bond donors (Lipinski definition) is 4. The van der Waals surface area contributed by atoms with Gasteiger partial charge in [0.05, 0.1) is 5.69 Å². The van der Waals surface area contributed by atoms with Crippen molar-refractivity contribution in [2.24, 2.45) is 5.84 Å². The molecule has 5 nitrogen and oxygen atoms in total. The van der Waals surface area contributed by atoms with Crippen molar-refractivity contribution in [3.8, 4) is 5.75 Å². The molecule has 5 heteroatoms. The van der Waals surface area contributed by atoms with Gasteiger partial charge in [-0.2, -0.15) is 0 Å². The molecular formula is C9H10N2O3. The molecule has 0 spiro atoms. The number of rotatable bonds is 3. The first kappa shape index (κ1) is 10.1. The summed E-state index contributed by atoms with van der Waals surface area (Å²) in [7, 11) is 0. The van der Waals surface area contributed by atoms with Crippen molar-refractivity contribution in [1.82, 2.24) is 0 Å². The molecule has 14 heavy (non-hydrogen) atoms. The minimum absolute atomic E-state index is 0.0277. The van der Waals surface area contributed by atoms with Gasteiger partial charge in [0.1, 0.15) is 5.75 Å². The van der Waals surface area contributed by atoms with Crippen LogP contribution < -0.4 is 11.3 Å². The van der Waals surface area contributed by atoms with Crippen LogP contribution in [0.3, 0.4) is 0 Å². The standard InChI is InChI=1S/C9H10N2O3/c10-11-7-3-1-6(5-8(7)12)2-4-9(13)14/h1-5,11-12H,10H2,(H,13,14)/b4-2+. The summed E-state index contributed by atoms with van der Waals surface area (Å²) in [6.45, 7) is 0. The van der Waals surface area contributed by atoms with E-state index >= 15 is 0 Å². The zero-order valence-corrected chi connectivity index (χ0v) is 7.27. The Morgan fingerprint density at radius 1 is 1.50 bits per heavy atom. The second-order valence-corrected chi connectivity index (χ2v) is 2.59. The van der Waals surface area contributed by atoms with Crippen molar-refractivity contribution >= 4 is 17.7 Å². The third kappa shape index (κ3) is 2.49. The minimum Gasteiger partial charge on any atom is -0.506 e. The number of phenols is 1. The van der Waals surface area contributed by atoms with Crippen LogP contribution in [0, 0.1) is 0 Å². The third-order valence-electron chi connectivity index (χ3n) is 1.60. The molecule has 0 radical (unpaired) electrons. The van der Waals surface area contributed by atoms with Gasteiger partial charge in [-0.3, -0.25) is 5.84 Å². The summed E-state index contributed by atoms with van der Waals surface area (Å²) in [4.78, 5) is 10.2. The molecule has 0 aliphatic rings. The van der Waals surface area contributed by atoms with Gasteiger partial charge < -0.3 is 15.6 Å². The van der Waals surface area contributed by atoms with E-state index in [1.54, 1.807) is 12.1 Å². The normalized spacial score (nSPS) is 10.4. The number of aromatic hydroxyl groups is 1. The predicted octanol–water partition coefficient (Wildman–Crippen LogP) is 0.776. The van der Waals surface area contributed by atoms with E-state index in [2.05, 4.69) is 5.43 Å². The fraction of sp³-hybridized carbons (Fsp3) is 0. The van der Waals surface area contributed by atoms with Crippen molar-refractivity contribution in [3.63, 3.8) is 0 Å². The third-order valence-corrected chi connectivity index (χ3v) is 1.60. The number of carbonyl (C=O) groups is 1. The van der Waals surface area contributed by atoms with Gasteiger partial charge in [0, 0.05) is 6.08 Å². The van der Waals surface area contributed by atoms with Crippen LogP contribution in [0.4, 0.5) is 5.69 Å². The van der Waals surface area contributed by atoms with E-state index in [1.165, 1.54) is 12.1 Å². The SMILES string of the molecule is NNc1ccc(/C=C/C(=O)O)cc1O. The number of carboxylic acid groups (broad SMARTS) is 1. The number of nitrogens with two attached hydrogens (primary N) is 1. The number of anilines is 1. The van der Waals surface area contributed by atoms with Crippen LogP contribution in [0.5, 0.6) is 5.75 Å². The number of hydrogen-bond acceptors (Lipinski definition) is 4. The molecule has 5 N–H and O–H groups in total. The molecule has 74 valence electrons. The maximum absolute atomic E-state index is 10.2. The monoisotopic (exact) mass is 194 g/mol. The fourth-order valence-corrected chi connectivity index (χ4v) is 0.942. The molecule has 0 aromatic heterocycles. The first-order chi connectivity index (χ1) is 6.63. The van der Waals surface area contributed by atoms with Crippen LogP contribution in [-0.4, -0.2) is 16.2 Å². The van der Waals surface area contributed by atoms with Crippen molar-refractivity contribution in [2.45, 2.75) is 0 Å². The second-order valence-electron chi connectivity index (χ2n) is 2.59. The Hall–Kier alpha value is -2.01. The largest absolute Gasteiger partial charge is 0.506 e. The lowest BCUT2D eigenvalue weighted by Gasteiger charge is -2.03. The number of hydrazine groups is 1. The fourth-order valence-electron chi connectivity index (χ4n) is 0.942. The Labute approximate surface area is 80.4 Å². The van der Waals surface area contributed by atoms with E-state index in [-0.39, 0.29) is 5.75 Å². The molecule has 0 amide bonds. The highest BCUT2D eigenvalue weighted by molar-refractivity contribution is 5.85. The number of nitrogen functional groups attached to an aromatic ring is 1. The zero-order chi connectivity index (χ0) is 10.6. The number of nitrogens with one attached hydrogen (secondary N) is 1. The average molecular weight is 194 g/mol. The maximum atomic E-state index is 10.2. The summed E-state index contributed by atoms with van der Waals surface area (Å²) < 4.78 is 0. The molecule has 1 rings (SSSR count). The molecule has 0 saturated carbocycles. The van der Waals surface area contributed by atoms with Crippen LogP contribution in [0.25, 0.3) is 6.08 Å². The zero-order valence-electron chi connectivity index (χ0n) is 7.27. The van der Waals surface area contributed by atoms with Crippen molar-refractivity contribution < 1.29 is 15.0 Å². The smallest absolute Gasteiger partial charge is 0.328 e. The number of carboxylic acids is 1. The Kier molecular flexibility index (Phi) is 3.09. The van der Waals surface area contributed by atoms with E-state index in [9.17, 15) is 9.90 Å². The minimum atomic E-state index is -1.04. The molecule has 0 atom stereocenters. The lowest BCUT2D eigenvalue weighted by molar-refractivity contribution is -0.131. The molecule has 0 unspecified atom stereocenters. The topological polar surface area (TPSA) is 95.6 Å². The highest BCUT2D eigenvalue weighted by Gasteiger charge is 1.98. The maximum Gasteiger partial charge on any atom is 0.328 e. The second kappa shape index (κ2) is 4.29. The molecule has 0 fully saturated rings. The number of phenolic OH excluding ortho intramolecular Hbond substituents is 1. The molecular weight excluding hydrogens is 184 g/mol. The first-order valence-electron chi connectivity index (χ1n) is 3.84. The lowest BCUT2D eigenvalue weighted by atomic mass is 10.2. The van der Waals surface area contributed by atoms with Crippen molar-refractivity contribution in [3.05, 3.63) is 29.8 Å². The van der Waals surface area contributed by atoms with E-state index in [4.69, 9.17) is 10.9 Å². The van der Waals surface area contributed by atoms with E-state index in [0.717, 1.165) is 6.08 Å². The summed E-state index contributed by atoms with van der Waals surface area (Å²) in [6, 6.07) is 4.60. The van der Waals surface area contributed by atoms with Gasteiger partial charge in [0.15, 0.2) is 0 Å². The first-order valence-corrected chi connectivity index (χ1v) is 3.84. The van der Waals surface area contributed by atoms with Gasteiger partial charge in [-0.1, -0.05) is 6.07 Å². The lowest BCUT2D eigenvalue weighted by Crippen LogP contribution is -2.06. The quantitative estimate of drug-likeness (QED) is 0.247. The summed E-state index contributed by atoms with van der Waals surface area (Å²) >= 11 is 0. The predicted molar refractivity (Wildman–Crippen MR) is 52.6 cm³/mol. The van der Waals surface area contributed by atoms with Crippen molar-refractivity contribution in [2.75, 3.05) is 5.43 Å². The Morgan fingerprint density at radius 3 is 2.71 bits per heavy atom. The summed E-state index contributed by atoms with van der Waals surface area (Å²) in [5.74, 6) is 4.04. The summed E-state index contributed by atoms with van der Waals surface area (Å²) in [6.07, 6.45) is 2.37. The molecule has 0 saturated heterocycles. The Bertz CT molecular complexity index is 374. The van der Waals surface area contributed by atoms with Crippen LogP contribution in [-0.2, 0) is 4.79 Å². The van der Waals surface area contributed by atoms with Crippen molar-refractivity contribution in [1.29, 1.82) is 0 Å². The van der Waals surface area contributed by atoms with Gasteiger partial charge in [0.25, 0.3) is 0 Å². The van der Waals surface area contributed by atoms with Crippen LogP contribution in [0.1, 0.15) is 5.56 Å². The van der Waals surface area contributed by atoms with Gasteiger partial charge in [-0.05, 0) is 23.8 Å². The van der Waals surface area contributed by atoms with Gasteiger partial charge in [0.2, 0.25) is 0 Å². The molecule has 0 aliphatic carbocycles. The number of aliphatic carboxylic acids is 1. The van der Waals surface area contributed by atoms with Gasteiger partial charge >= 0.3 is 5.97 Å². The van der Waals surface area contributed by atoms with Gasteiger partial charge in [-0.25, -0.2) is 4.79 Å². The van der Waals surface area contributed by atoms with Crippen LogP contribution >= 0.6 is 0 Å². The van der Waals surface area contributed by atoms with E-state index in [1.807, 2.05) is 0 Å². The van der Waals surface area contributed by atoms with Crippen LogP contribution in [0.2, 0.25) is 0 Å². The molecule has 1 aromatic carbocycles. The number of benzene rings is 1. The van der Waals surface area contributed by atoms with Gasteiger partial charge in [-0.15, -0.1) is 0 Å². The highest BCUT2D eigenvalue weighted by atomic mass is 16.4. The molecule has 0 bridgehead atoms. The highest BCUT2D eigenvalue weighted by Crippen LogP contribution is 2.23. The molecule has 0 heterocycles. The van der Waals surface area contributed by atoms with E-state index < -0.39 is 5.97 Å². The van der Waals surface area contributed by atoms with Crippen LogP contribution in [0.15, 0.2) is 24.3 Å². The summed E-state index contributed by atoms with van der Waals surface area (Å²) in [5, 5.41) is 17.7.